The fraction of sp³-hybridized carbons (Fsp3) is 0.474. The van der Waals surface area contributed by atoms with Crippen molar-refractivity contribution < 1.29 is 9.53 Å². The van der Waals surface area contributed by atoms with Gasteiger partial charge in [-0.3, -0.25) is 4.79 Å². The predicted molar refractivity (Wildman–Crippen MR) is 94.5 cm³/mol. The lowest BCUT2D eigenvalue weighted by Gasteiger charge is -2.35. The largest absolute Gasteiger partial charge is 0.493 e. The Morgan fingerprint density at radius 1 is 1.32 bits per heavy atom. The molecule has 6 nitrogen and oxygen atoms in total. The van der Waals surface area contributed by atoms with Crippen molar-refractivity contribution in [3.05, 3.63) is 48.0 Å². The topological polar surface area (TPSA) is 59.4 Å². The zero-order chi connectivity index (χ0) is 17.2. The number of hydrogen-bond acceptors (Lipinski definition) is 4. The number of hydrogen-bond donors (Lipinski definition) is 1. The second-order valence-electron chi connectivity index (χ2n) is 6.89. The molecule has 1 unspecified atom stereocenters. The third-order valence-electron chi connectivity index (χ3n) is 4.94. The third kappa shape index (κ3) is 3.54. The van der Waals surface area contributed by atoms with Gasteiger partial charge in [-0.2, -0.15) is 0 Å². The monoisotopic (exact) mass is 340 g/mol. The van der Waals surface area contributed by atoms with Crippen molar-refractivity contribution in [3.63, 3.8) is 0 Å². The van der Waals surface area contributed by atoms with Gasteiger partial charge in [-0.1, -0.05) is 0 Å². The summed E-state index contributed by atoms with van der Waals surface area (Å²) in [6.45, 7) is 2.98. The van der Waals surface area contributed by atoms with E-state index in [0.717, 1.165) is 37.2 Å². The number of carbonyl (C=O) groups is 1. The average molecular weight is 340 g/mol. The number of rotatable bonds is 5. The molecule has 1 atom stereocenters. The summed E-state index contributed by atoms with van der Waals surface area (Å²) in [5, 5.41) is 3.36. The smallest absolute Gasteiger partial charge is 0.254 e. The van der Waals surface area contributed by atoms with Crippen LogP contribution in [-0.2, 0) is 7.05 Å². The Labute approximate surface area is 147 Å². The average Bonchev–Trinajstić information content (AvgIpc) is 3.39. The van der Waals surface area contributed by atoms with E-state index in [9.17, 15) is 4.79 Å². The molecule has 1 aromatic heterocycles. The number of imidazole rings is 1. The molecular formula is C19H24N4O2. The molecule has 25 heavy (non-hydrogen) atoms. The first-order valence-corrected chi connectivity index (χ1v) is 8.94. The Bertz CT molecular complexity index is 736. The van der Waals surface area contributed by atoms with Gasteiger partial charge in [0.05, 0.1) is 6.61 Å². The standard InChI is InChI=1S/C19H24N4O2/c1-22-10-9-21-18(22)17-12-20-8-11-23(17)19(24)15-4-6-16(7-5-15)25-13-14-2-3-14/h4-7,9-10,14,17,20H,2-3,8,11-13H2,1H3. The third-order valence-corrected chi connectivity index (χ3v) is 4.94. The molecule has 2 aliphatic rings. The van der Waals surface area contributed by atoms with E-state index >= 15 is 0 Å². The number of benzene rings is 1. The van der Waals surface area contributed by atoms with Crippen LogP contribution in [0.3, 0.4) is 0 Å². The van der Waals surface area contributed by atoms with Crippen molar-refractivity contribution in [2.75, 3.05) is 26.2 Å². The number of aryl methyl sites for hydroxylation is 1. The van der Waals surface area contributed by atoms with Crippen LogP contribution in [0.1, 0.15) is 35.1 Å². The fourth-order valence-electron chi connectivity index (χ4n) is 3.23. The van der Waals surface area contributed by atoms with Gasteiger partial charge in [0, 0.05) is 44.6 Å². The Kier molecular flexibility index (Phi) is 4.44. The van der Waals surface area contributed by atoms with Crippen LogP contribution in [0.4, 0.5) is 0 Å². The normalized spacial score (nSPS) is 20.5. The first-order valence-electron chi connectivity index (χ1n) is 8.94. The first kappa shape index (κ1) is 16.1. The number of aromatic nitrogens is 2. The minimum absolute atomic E-state index is 0.0447. The summed E-state index contributed by atoms with van der Waals surface area (Å²) in [4.78, 5) is 19.4. The van der Waals surface area contributed by atoms with Crippen LogP contribution in [-0.4, -0.2) is 46.6 Å². The van der Waals surface area contributed by atoms with E-state index < -0.39 is 0 Å². The summed E-state index contributed by atoms with van der Waals surface area (Å²) in [7, 11) is 1.96. The van der Waals surface area contributed by atoms with Crippen LogP contribution in [0.2, 0.25) is 0 Å². The zero-order valence-corrected chi connectivity index (χ0v) is 14.5. The van der Waals surface area contributed by atoms with Gasteiger partial charge in [0.15, 0.2) is 0 Å². The van der Waals surface area contributed by atoms with E-state index in [1.807, 2.05) is 47.0 Å². The number of carbonyl (C=O) groups excluding carboxylic acids is 1. The summed E-state index contributed by atoms with van der Waals surface area (Å²) in [6, 6.07) is 7.47. The Morgan fingerprint density at radius 2 is 2.12 bits per heavy atom. The van der Waals surface area contributed by atoms with Gasteiger partial charge in [0.1, 0.15) is 17.6 Å². The second kappa shape index (κ2) is 6.88. The lowest BCUT2D eigenvalue weighted by atomic mass is 10.1. The number of amides is 1. The van der Waals surface area contributed by atoms with Gasteiger partial charge in [0.2, 0.25) is 0 Å². The molecule has 1 aliphatic heterocycles. The highest BCUT2D eigenvalue weighted by atomic mass is 16.5. The number of nitrogens with one attached hydrogen (secondary N) is 1. The molecule has 1 saturated carbocycles. The molecule has 1 aromatic carbocycles. The molecular weight excluding hydrogens is 316 g/mol. The summed E-state index contributed by atoms with van der Waals surface area (Å²) >= 11 is 0. The highest BCUT2D eigenvalue weighted by molar-refractivity contribution is 5.94. The van der Waals surface area contributed by atoms with Crippen molar-refractivity contribution in [1.82, 2.24) is 19.8 Å². The highest BCUT2D eigenvalue weighted by Gasteiger charge is 2.31. The Balaban J connectivity index is 1.48. The molecule has 1 aliphatic carbocycles. The molecule has 1 amide bonds. The maximum absolute atomic E-state index is 13.0. The molecule has 0 radical (unpaired) electrons. The number of nitrogens with zero attached hydrogens (tertiary/aromatic N) is 3. The zero-order valence-electron chi connectivity index (χ0n) is 14.5. The van der Waals surface area contributed by atoms with Gasteiger partial charge >= 0.3 is 0 Å². The summed E-state index contributed by atoms with van der Waals surface area (Å²) < 4.78 is 7.74. The quantitative estimate of drug-likeness (QED) is 0.904. The van der Waals surface area contributed by atoms with Gasteiger partial charge in [-0.05, 0) is 43.0 Å². The molecule has 4 rings (SSSR count). The predicted octanol–water partition coefficient (Wildman–Crippen LogP) is 2.00. The molecule has 1 saturated heterocycles. The van der Waals surface area contributed by atoms with E-state index in [1.165, 1.54) is 12.8 Å². The summed E-state index contributed by atoms with van der Waals surface area (Å²) in [5.74, 6) is 2.51. The highest BCUT2D eigenvalue weighted by Crippen LogP contribution is 2.29. The molecule has 2 fully saturated rings. The molecule has 6 heteroatoms. The van der Waals surface area contributed by atoms with Crippen molar-refractivity contribution in [1.29, 1.82) is 0 Å². The van der Waals surface area contributed by atoms with Crippen LogP contribution >= 0.6 is 0 Å². The lowest BCUT2D eigenvalue weighted by Crippen LogP contribution is -2.49. The molecule has 132 valence electrons. The lowest BCUT2D eigenvalue weighted by molar-refractivity contribution is 0.0621. The van der Waals surface area contributed by atoms with E-state index in [4.69, 9.17) is 4.74 Å². The van der Waals surface area contributed by atoms with Crippen LogP contribution in [0.15, 0.2) is 36.7 Å². The van der Waals surface area contributed by atoms with E-state index in [1.54, 1.807) is 6.20 Å². The van der Waals surface area contributed by atoms with E-state index in [0.29, 0.717) is 12.1 Å². The molecule has 2 aromatic rings. The van der Waals surface area contributed by atoms with Crippen LogP contribution < -0.4 is 10.1 Å². The minimum Gasteiger partial charge on any atom is -0.493 e. The minimum atomic E-state index is -0.0490. The van der Waals surface area contributed by atoms with E-state index in [2.05, 4.69) is 10.3 Å². The molecule has 1 N–H and O–H groups in total. The molecule has 0 bridgehead atoms. The number of ether oxygens (including phenoxy) is 1. The van der Waals surface area contributed by atoms with Gasteiger partial charge < -0.3 is 19.5 Å². The summed E-state index contributed by atoms with van der Waals surface area (Å²) in [6.07, 6.45) is 6.24. The van der Waals surface area contributed by atoms with Crippen molar-refractivity contribution in [2.24, 2.45) is 13.0 Å². The van der Waals surface area contributed by atoms with Crippen molar-refractivity contribution >= 4 is 5.91 Å². The maximum atomic E-state index is 13.0. The van der Waals surface area contributed by atoms with Crippen LogP contribution in [0.5, 0.6) is 5.75 Å². The van der Waals surface area contributed by atoms with Crippen molar-refractivity contribution in [3.8, 4) is 5.75 Å². The first-order chi connectivity index (χ1) is 12.2. The van der Waals surface area contributed by atoms with E-state index in [-0.39, 0.29) is 11.9 Å². The second-order valence-corrected chi connectivity index (χ2v) is 6.89. The van der Waals surface area contributed by atoms with Crippen LogP contribution in [0, 0.1) is 5.92 Å². The summed E-state index contributed by atoms with van der Waals surface area (Å²) in [5.41, 5.74) is 0.694. The van der Waals surface area contributed by atoms with Crippen molar-refractivity contribution in [2.45, 2.75) is 18.9 Å². The van der Waals surface area contributed by atoms with Gasteiger partial charge in [-0.15, -0.1) is 0 Å². The SMILES string of the molecule is Cn1ccnc1C1CNCCN1C(=O)c1ccc(OCC2CC2)cc1. The Morgan fingerprint density at radius 3 is 2.80 bits per heavy atom. The van der Waals surface area contributed by atoms with Gasteiger partial charge in [0.25, 0.3) is 5.91 Å². The fourth-order valence-corrected chi connectivity index (χ4v) is 3.23. The number of piperazine rings is 1. The molecule has 0 spiro atoms. The molecule has 2 heterocycles. The Hall–Kier alpha value is -2.34. The maximum Gasteiger partial charge on any atom is 0.254 e. The van der Waals surface area contributed by atoms with Crippen LogP contribution in [0.25, 0.3) is 0 Å². The van der Waals surface area contributed by atoms with Gasteiger partial charge in [-0.25, -0.2) is 4.98 Å².